The largest absolute Gasteiger partial charge is 0.465 e. The Hall–Kier alpha value is -1.37. The molecular weight excluding hydrogens is 210 g/mol. The van der Waals surface area contributed by atoms with E-state index in [1.165, 1.54) is 16.2 Å². The molecule has 2 aliphatic heterocycles. The minimum Gasteiger partial charge on any atom is -0.465 e. The van der Waals surface area contributed by atoms with Gasteiger partial charge in [-0.1, -0.05) is 12.2 Å². The van der Waals surface area contributed by atoms with E-state index in [0.717, 1.165) is 26.2 Å². The summed E-state index contributed by atoms with van der Waals surface area (Å²) in [5.74, 6) is 0. The standard InChI is InChI=1S/C6H7NO2.C4H10N2O/c8-6(9)7-4-2-1-3-5-7;7-6-3-1-5-2-4-6/h1-4H,5H2,(H,8,9);5,7H,1-4H2. The Morgan fingerprint density at radius 1 is 1.25 bits per heavy atom. The lowest BCUT2D eigenvalue weighted by atomic mass is 10.4. The number of nitrogens with zero attached hydrogens (tertiary/aromatic N) is 2. The van der Waals surface area contributed by atoms with E-state index in [1.807, 2.05) is 6.08 Å². The highest BCUT2D eigenvalue weighted by Crippen LogP contribution is 1.97. The van der Waals surface area contributed by atoms with Crippen molar-refractivity contribution in [1.29, 1.82) is 0 Å². The summed E-state index contributed by atoms with van der Waals surface area (Å²) in [4.78, 5) is 11.4. The summed E-state index contributed by atoms with van der Waals surface area (Å²) in [6.45, 7) is 3.82. The van der Waals surface area contributed by atoms with Crippen molar-refractivity contribution in [3.8, 4) is 0 Å². The van der Waals surface area contributed by atoms with Crippen LogP contribution < -0.4 is 5.32 Å². The first kappa shape index (κ1) is 12.7. The number of carbonyl (C=O) groups is 1. The molecule has 2 aliphatic rings. The van der Waals surface area contributed by atoms with Crippen molar-refractivity contribution in [3.63, 3.8) is 0 Å². The van der Waals surface area contributed by atoms with Gasteiger partial charge in [0, 0.05) is 38.9 Å². The van der Waals surface area contributed by atoms with Crippen LogP contribution in [0, 0.1) is 0 Å². The first-order chi connectivity index (χ1) is 7.70. The van der Waals surface area contributed by atoms with Crippen molar-refractivity contribution < 1.29 is 15.1 Å². The third-order valence-corrected chi connectivity index (χ3v) is 2.15. The van der Waals surface area contributed by atoms with Gasteiger partial charge in [-0.25, -0.2) is 4.79 Å². The quantitative estimate of drug-likeness (QED) is 0.556. The Labute approximate surface area is 94.4 Å². The van der Waals surface area contributed by atoms with Gasteiger partial charge in [-0.15, -0.1) is 0 Å². The number of allylic oxidation sites excluding steroid dienone is 2. The highest BCUT2D eigenvalue weighted by atomic mass is 16.5. The molecule has 0 aromatic carbocycles. The van der Waals surface area contributed by atoms with Gasteiger partial charge in [-0.05, 0) is 6.08 Å². The molecule has 16 heavy (non-hydrogen) atoms. The smallest absolute Gasteiger partial charge is 0.411 e. The minimum atomic E-state index is -0.907. The van der Waals surface area contributed by atoms with Gasteiger partial charge >= 0.3 is 6.09 Å². The molecule has 0 aromatic rings. The molecule has 1 fully saturated rings. The molecule has 0 unspecified atom stereocenters. The summed E-state index contributed by atoms with van der Waals surface area (Å²) in [5.41, 5.74) is 0. The zero-order valence-electron chi connectivity index (χ0n) is 9.04. The van der Waals surface area contributed by atoms with E-state index in [4.69, 9.17) is 10.3 Å². The summed E-state index contributed by atoms with van der Waals surface area (Å²) in [5, 5.41) is 21.5. The van der Waals surface area contributed by atoms with Gasteiger partial charge in [0.15, 0.2) is 0 Å². The topological polar surface area (TPSA) is 76.0 Å². The number of amides is 1. The lowest BCUT2D eigenvalue weighted by molar-refractivity contribution is -0.0976. The van der Waals surface area contributed by atoms with E-state index < -0.39 is 6.09 Å². The normalized spacial score (nSPS) is 20.2. The zero-order valence-corrected chi connectivity index (χ0v) is 9.04. The fourth-order valence-electron chi connectivity index (χ4n) is 1.26. The molecule has 2 rings (SSSR count). The average Bonchev–Trinajstić information content (AvgIpc) is 2.32. The van der Waals surface area contributed by atoms with Crippen molar-refractivity contribution in [3.05, 3.63) is 24.4 Å². The van der Waals surface area contributed by atoms with Gasteiger partial charge in [0.1, 0.15) is 0 Å². The predicted octanol–water partition coefficient (Wildman–Crippen LogP) is 0.331. The molecule has 1 saturated heterocycles. The summed E-state index contributed by atoms with van der Waals surface area (Å²) in [7, 11) is 0. The van der Waals surface area contributed by atoms with Crippen LogP contribution in [0.4, 0.5) is 4.79 Å². The summed E-state index contributed by atoms with van der Waals surface area (Å²) in [6, 6.07) is 0. The molecule has 0 spiro atoms. The molecule has 90 valence electrons. The van der Waals surface area contributed by atoms with Crippen molar-refractivity contribution in [2.75, 3.05) is 32.7 Å². The molecule has 0 aliphatic carbocycles. The molecule has 0 radical (unpaired) electrons. The lowest BCUT2D eigenvalue weighted by Crippen LogP contribution is -2.41. The van der Waals surface area contributed by atoms with Crippen LogP contribution in [0.15, 0.2) is 24.4 Å². The van der Waals surface area contributed by atoms with Gasteiger partial charge in [0.2, 0.25) is 0 Å². The number of nitrogens with one attached hydrogen (secondary N) is 1. The fraction of sp³-hybridized carbons (Fsp3) is 0.500. The Kier molecular flexibility index (Phi) is 5.55. The van der Waals surface area contributed by atoms with Crippen LogP contribution in [0.2, 0.25) is 0 Å². The van der Waals surface area contributed by atoms with E-state index in [9.17, 15) is 4.79 Å². The van der Waals surface area contributed by atoms with Crippen LogP contribution in [0.25, 0.3) is 0 Å². The van der Waals surface area contributed by atoms with Crippen LogP contribution in [-0.2, 0) is 0 Å². The Morgan fingerprint density at radius 3 is 2.25 bits per heavy atom. The molecule has 0 aromatic heterocycles. The zero-order chi connectivity index (χ0) is 11.8. The predicted molar refractivity (Wildman–Crippen MR) is 59.2 cm³/mol. The third kappa shape index (κ3) is 4.92. The molecular formula is C10H17N3O3. The van der Waals surface area contributed by atoms with Gasteiger partial charge in [0.25, 0.3) is 0 Å². The first-order valence-electron chi connectivity index (χ1n) is 5.17. The lowest BCUT2D eigenvalue weighted by Gasteiger charge is -2.19. The molecule has 6 nitrogen and oxygen atoms in total. The SMILES string of the molecule is O=C(O)N1C=CC=CC1.ON1CCNCC1. The van der Waals surface area contributed by atoms with Crippen molar-refractivity contribution >= 4 is 6.09 Å². The fourth-order valence-corrected chi connectivity index (χ4v) is 1.26. The van der Waals surface area contributed by atoms with Gasteiger partial charge in [-0.3, -0.25) is 4.90 Å². The van der Waals surface area contributed by atoms with Crippen LogP contribution in [0.3, 0.4) is 0 Å². The highest BCUT2D eigenvalue weighted by molar-refractivity contribution is 5.66. The Balaban J connectivity index is 0.000000165. The summed E-state index contributed by atoms with van der Waals surface area (Å²) in [6.07, 6.45) is 5.92. The van der Waals surface area contributed by atoms with Crippen LogP contribution >= 0.6 is 0 Å². The van der Waals surface area contributed by atoms with Crippen molar-refractivity contribution in [1.82, 2.24) is 15.3 Å². The number of piperazine rings is 1. The van der Waals surface area contributed by atoms with Crippen molar-refractivity contribution in [2.45, 2.75) is 0 Å². The molecule has 1 amide bonds. The Morgan fingerprint density at radius 2 is 1.94 bits per heavy atom. The molecule has 3 N–H and O–H groups in total. The van der Waals surface area contributed by atoms with Gasteiger partial charge < -0.3 is 15.6 Å². The Bertz CT molecular complexity index is 272. The molecule has 0 saturated carbocycles. The van der Waals surface area contributed by atoms with E-state index in [2.05, 4.69) is 5.32 Å². The van der Waals surface area contributed by atoms with E-state index in [-0.39, 0.29) is 0 Å². The molecule has 2 heterocycles. The van der Waals surface area contributed by atoms with Gasteiger partial charge in [0.05, 0.1) is 0 Å². The second kappa shape index (κ2) is 7.00. The van der Waals surface area contributed by atoms with Crippen LogP contribution in [-0.4, -0.2) is 59.1 Å². The highest BCUT2D eigenvalue weighted by Gasteiger charge is 2.05. The molecule has 0 atom stereocenters. The summed E-state index contributed by atoms with van der Waals surface area (Å²) < 4.78 is 0. The second-order valence-corrected chi connectivity index (χ2v) is 3.41. The maximum absolute atomic E-state index is 10.2. The number of hydrogen-bond acceptors (Lipinski definition) is 4. The van der Waals surface area contributed by atoms with Crippen molar-refractivity contribution in [2.24, 2.45) is 0 Å². The first-order valence-corrected chi connectivity index (χ1v) is 5.17. The van der Waals surface area contributed by atoms with Crippen LogP contribution in [0.5, 0.6) is 0 Å². The molecule has 6 heteroatoms. The van der Waals surface area contributed by atoms with E-state index >= 15 is 0 Å². The number of hydrogen-bond donors (Lipinski definition) is 3. The van der Waals surface area contributed by atoms with Gasteiger partial charge in [-0.2, -0.15) is 5.06 Å². The number of carboxylic acid groups (broad SMARTS) is 1. The second-order valence-electron chi connectivity index (χ2n) is 3.41. The summed E-state index contributed by atoms with van der Waals surface area (Å²) >= 11 is 0. The maximum Gasteiger partial charge on any atom is 0.411 e. The van der Waals surface area contributed by atoms with E-state index in [1.54, 1.807) is 12.2 Å². The third-order valence-electron chi connectivity index (χ3n) is 2.15. The number of rotatable bonds is 0. The van der Waals surface area contributed by atoms with Crippen LogP contribution in [0.1, 0.15) is 0 Å². The van der Waals surface area contributed by atoms with E-state index in [0.29, 0.717) is 6.54 Å². The minimum absolute atomic E-state index is 0.464. The monoisotopic (exact) mass is 227 g/mol. The average molecular weight is 227 g/mol. The molecule has 0 bridgehead atoms. The maximum atomic E-state index is 10.2. The number of hydroxylamine groups is 2.